The van der Waals surface area contributed by atoms with Crippen LogP contribution in [0.5, 0.6) is 0 Å². The van der Waals surface area contributed by atoms with Crippen molar-refractivity contribution in [3.8, 4) is 0 Å². The molecule has 0 aromatic carbocycles. The highest BCUT2D eigenvalue weighted by atomic mass is 16.5. The lowest BCUT2D eigenvalue weighted by atomic mass is 10.3. The molecular weight excluding hydrogens is 160 g/mol. The second kappa shape index (κ2) is 6.64. The molecular formula is C8H14O4. The zero-order chi connectivity index (χ0) is 9.40. The van der Waals surface area contributed by atoms with E-state index in [0.717, 1.165) is 12.8 Å². The summed E-state index contributed by atoms with van der Waals surface area (Å²) in [7, 11) is 1.24. The number of carbonyl (C=O) groups excluding carboxylic acids is 2. The number of esters is 2. The lowest BCUT2D eigenvalue weighted by Crippen LogP contribution is -2.12. The molecule has 0 aliphatic rings. The maximum atomic E-state index is 10.8. The van der Waals surface area contributed by atoms with Crippen molar-refractivity contribution in [1.82, 2.24) is 0 Å². The van der Waals surface area contributed by atoms with Gasteiger partial charge in [0.1, 0.15) is 6.42 Å². The molecule has 0 amide bonds. The van der Waals surface area contributed by atoms with Gasteiger partial charge in [0.05, 0.1) is 13.7 Å². The van der Waals surface area contributed by atoms with Gasteiger partial charge in [0.2, 0.25) is 0 Å². The van der Waals surface area contributed by atoms with Gasteiger partial charge >= 0.3 is 11.9 Å². The summed E-state index contributed by atoms with van der Waals surface area (Å²) in [6, 6.07) is 0. The van der Waals surface area contributed by atoms with Gasteiger partial charge in [0, 0.05) is 0 Å². The molecule has 0 rings (SSSR count). The Labute approximate surface area is 71.8 Å². The summed E-state index contributed by atoms with van der Waals surface area (Å²) in [5.74, 6) is -1.08. The Kier molecular flexibility index (Phi) is 6.05. The highest BCUT2D eigenvalue weighted by molar-refractivity contribution is 5.91. The average molecular weight is 174 g/mol. The number of hydrogen-bond acceptors (Lipinski definition) is 4. The summed E-state index contributed by atoms with van der Waals surface area (Å²) in [6.07, 6.45) is 1.50. The van der Waals surface area contributed by atoms with Crippen LogP contribution < -0.4 is 0 Å². The molecule has 0 radical (unpaired) electrons. The highest BCUT2D eigenvalue weighted by Crippen LogP contribution is 1.92. The molecule has 0 saturated carbocycles. The summed E-state index contributed by atoms with van der Waals surface area (Å²) in [5.41, 5.74) is 0. The van der Waals surface area contributed by atoms with Gasteiger partial charge in [-0.3, -0.25) is 9.59 Å². The van der Waals surface area contributed by atoms with E-state index in [-0.39, 0.29) is 6.42 Å². The maximum Gasteiger partial charge on any atom is 0.317 e. The standard InChI is InChI=1S/C8H14O4/c1-3-4-5-12-8(10)6-7(9)11-2/h3-6H2,1-2H3. The van der Waals surface area contributed by atoms with Crippen molar-refractivity contribution in [2.75, 3.05) is 13.7 Å². The lowest BCUT2D eigenvalue weighted by molar-refractivity contribution is -0.153. The minimum Gasteiger partial charge on any atom is -0.469 e. The van der Waals surface area contributed by atoms with Crippen molar-refractivity contribution < 1.29 is 19.1 Å². The predicted molar refractivity (Wildman–Crippen MR) is 42.5 cm³/mol. The van der Waals surface area contributed by atoms with Gasteiger partial charge in [0.25, 0.3) is 0 Å². The van der Waals surface area contributed by atoms with Crippen LogP contribution in [0.2, 0.25) is 0 Å². The van der Waals surface area contributed by atoms with Crippen LogP contribution in [0.15, 0.2) is 0 Å². The third-order valence-electron chi connectivity index (χ3n) is 1.28. The quantitative estimate of drug-likeness (QED) is 0.353. The molecule has 0 saturated heterocycles. The van der Waals surface area contributed by atoms with Crippen LogP contribution in [0.3, 0.4) is 0 Å². The van der Waals surface area contributed by atoms with Crippen LogP contribution in [-0.4, -0.2) is 25.7 Å². The topological polar surface area (TPSA) is 52.6 Å². The van der Waals surface area contributed by atoms with Crippen LogP contribution in [0.4, 0.5) is 0 Å². The third kappa shape index (κ3) is 5.70. The highest BCUT2D eigenvalue weighted by Gasteiger charge is 2.09. The van der Waals surface area contributed by atoms with Crippen molar-refractivity contribution in [2.45, 2.75) is 26.2 Å². The van der Waals surface area contributed by atoms with E-state index in [1.807, 2.05) is 6.92 Å². The first-order chi connectivity index (χ1) is 5.70. The van der Waals surface area contributed by atoms with E-state index in [4.69, 9.17) is 4.74 Å². The molecule has 0 unspecified atom stereocenters. The number of unbranched alkanes of at least 4 members (excludes halogenated alkanes) is 1. The van der Waals surface area contributed by atoms with Crippen LogP contribution in [-0.2, 0) is 19.1 Å². The van der Waals surface area contributed by atoms with Crippen LogP contribution in [0.25, 0.3) is 0 Å². The van der Waals surface area contributed by atoms with E-state index in [9.17, 15) is 9.59 Å². The molecule has 70 valence electrons. The Morgan fingerprint density at radius 3 is 2.42 bits per heavy atom. The van der Waals surface area contributed by atoms with Gasteiger partial charge < -0.3 is 9.47 Å². The number of carbonyl (C=O) groups is 2. The number of rotatable bonds is 5. The van der Waals surface area contributed by atoms with Crippen molar-refractivity contribution in [1.29, 1.82) is 0 Å². The van der Waals surface area contributed by atoms with E-state index in [2.05, 4.69) is 4.74 Å². The van der Waals surface area contributed by atoms with Crippen LogP contribution >= 0.6 is 0 Å². The van der Waals surface area contributed by atoms with E-state index in [1.165, 1.54) is 7.11 Å². The predicted octanol–water partition coefficient (Wildman–Crippen LogP) is 0.893. The third-order valence-corrected chi connectivity index (χ3v) is 1.28. The Balaban J connectivity index is 3.40. The molecule has 0 heterocycles. The molecule has 0 atom stereocenters. The average Bonchev–Trinajstić information content (AvgIpc) is 2.05. The van der Waals surface area contributed by atoms with Crippen molar-refractivity contribution >= 4 is 11.9 Å². The van der Waals surface area contributed by atoms with E-state index >= 15 is 0 Å². The van der Waals surface area contributed by atoms with Gasteiger partial charge in [-0.05, 0) is 6.42 Å². The molecule has 0 aromatic rings. The second-order valence-electron chi connectivity index (χ2n) is 2.33. The molecule has 4 heteroatoms. The summed E-state index contributed by atoms with van der Waals surface area (Å²) >= 11 is 0. The smallest absolute Gasteiger partial charge is 0.317 e. The molecule has 0 aromatic heterocycles. The molecule has 0 N–H and O–H groups in total. The summed E-state index contributed by atoms with van der Waals surface area (Å²) in [6.45, 7) is 2.38. The van der Waals surface area contributed by atoms with E-state index in [0.29, 0.717) is 6.61 Å². The van der Waals surface area contributed by atoms with Gasteiger partial charge in [0.15, 0.2) is 0 Å². The lowest BCUT2D eigenvalue weighted by Gasteiger charge is -2.01. The fourth-order valence-electron chi connectivity index (χ4n) is 0.571. The minimum atomic E-state index is -0.559. The zero-order valence-corrected chi connectivity index (χ0v) is 7.46. The fraction of sp³-hybridized carbons (Fsp3) is 0.750. The molecule has 0 bridgehead atoms. The Morgan fingerprint density at radius 1 is 1.25 bits per heavy atom. The van der Waals surface area contributed by atoms with Gasteiger partial charge in [-0.1, -0.05) is 13.3 Å². The van der Waals surface area contributed by atoms with Gasteiger partial charge in [-0.25, -0.2) is 0 Å². The Bertz CT molecular complexity index is 153. The first kappa shape index (κ1) is 10.9. The van der Waals surface area contributed by atoms with Crippen LogP contribution in [0, 0.1) is 0 Å². The van der Waals surface area contributed by atoms with Crippen molar-refractivity contribution in [2.24, 2.45) is 0 Å². The summed E-state index contributed by atoms with van der Waals surface area (Å²) in [5, 5.41) is 0. The molecule has 0 spiro atoms. The minimum absolute atomic E-state index is 0.291. The number of ether oxygens (including phenoxy) is 2. The normalized spacial score (nSPS) is 9.17. The number of methoxy groups -OCH3 is 1. The maximum absolute atomic E-state index is 10.8. The van der Waals surface area contributed by atoms with Crippen molar-refractivity contribution in [3.63, 3.8) is 0 Å². The molecule has 0 aliphatic carbocycles. The monoisotopic (exact) mass is 174 g/mol. The largest absolute Gasteiger partial charge is 0.469 e. The van der Waals surface area contributed by atoms with Gasteiger partial charge in [-0.15, -0.1) is 0 Å². The van der Waals surface area contributed by atoms with Crippen LogP contribution in [0.1, 0.15) is 26.2 Å². The van der Waals surface area contributed by atoms with Crippen molar-refractivity contribution in [3.05, 3.63) is 0 Å². The SMILES string of the molecule is CCCCOC(=O)CC(=O)OC. The summed E-state index contributed by atoms with van der Waals surface area (Å²) in [4.78, 5) is 21.3. The molecule has 0 aliphatic heterocycles. The van der Waals surface area contributed by atoms with E-state index in [1.54, 1.807) is 0 Å². The van der Waals surface area contributed by atoms with E-state index < -0.39 is 11.9 Å². The Morgan fingerprint density at radius 2 is 1.92 bits per heavy atom. The molecule has 12 heavy (non-hydrogen) atoms. The first-order valence-corrected chi connectivity index (χ1v) is 3.93. The Hall–Kier alpha value is -1.06. The number of hydrogen-bond donors (Lipinski definition) is 0. The summed E-state index contributed by atoms with van der Waals surface area (Å²) < 4.78 is 9.00. The second-order valence-corrected chi connectivity index (χ2v) is 2.33. The first-order valence-electron chi connectivity index (χ1n) is 3.93. The zero-order valence-electron chi connectivity index (χ0n) is 7.46. The van der Waals surface area contributed by atoms with Gasteiger partial charge in [-0.2, -0.15) is 0 Å². The molecule has 4 nitrogen and oxygen atoms in total. The fourth-order valence-corrected chi connectivity index (χ4v) is 0.571. The molecule has 0 fully saturated rings.